The van der Waals surface area contributed by atoms with E-state index in [-0.39, 0.29) is 24.3 Å². The molecule has 0 radical (unpaired) electrons. The fraction of sp³-hybridized carbons (Fsp3) is 0.375. The van der Waals surface area contributed by atoms with Crippen molar-refractivity contribution in [2.45, 2.75) is 26.3 Å². The molecule has 0 bridgehead atoms. The lowest BCUT2D eigenvalue weighted by atomic mass is 10.0. The van der Waals surface area contributed by atoms with E-state index in [2.05, 4.69) is 16.0 Å². The van der Waals surface area contributed by atoms with Gasteiger partial charge in [-0.15, -0.1) is 0 Å². The van der Waals surface area contributed by atoms with Gasteiger partial charge in [0.1, 0.15) is 12.6 Å². The second-order valence-electron chi connectivity index (χ2n) is 8.05. The highest BCUT2D eigenvalue weighted by Crippen LogP contribution is 2.29. The maximum Gasteiger partial charge on any atom is 0.323 e. The van der Waals surface area contributed by atoms with Crippen LogP contribution >= 0.6 is 0 Å². The Morgan fingerprint density at radius 1 is 1.09 bits per heavy atom. The van der Waals surface area contributed by atoms with Crippen molar-refractivity contribution in [3.63, 3.8) is 0 Å². The molecular formula is C24H30N4O5. The second-order valence-corrected chi connectivity index (χ2v) is 8.05. The van der Waals surface area contributed by atoms with Gasteiger partial charge in [0.15, 0.2) is 11.5 Å². The largest absolute Gasteiger partial charge is 0.493 e. The number of carbonyl (C=O) groups excluding carboxylic acids is 3. The SMILES string of the molecule is COc1ccc(CCNC(=O)[C@@H](NC(=O)N2CC(=O)Nc3ccccc32)C(C)C)cc1OC. The molecule has 1 aliphatic heterocycles. The van der Waals surface area contributed by atoms with Gasteiger partial charge in [-0.3, -0.25) is 14.5 Å². The van der Waals surface area contributed by atoms with Crippen LogP contribution < -0.4 is 30.3 Å². The van der Waals surface area contributed by atoms with Crippen molar-refractivity contribution < 1.29 is 23.9 Å². The monoisotopic (exact) mass is 454 g/mol. The first kappa shape index (κ1) is 23.9. The Morgan fingerprint density at radius 2 is 1.82 bits per heavy atom. The van der Waals surface area contributed by atoms with Crippen molar-refractivity contribution in [1.29, 1.82) is 0 Å². The first-order valence-corrected chi connectivity index (χ1v) is 10.8. The Labute approximate surface area is 193 Å². The fourth-order valence-electron chi connectivity index (χ4n) is 3.64. The summed E-state index contributed by atoms with van der Waals surface area (Å²) >= 11 is 0. The lowest BCUT2D eigenvalue weighted by molar-refractivity contribution is -0.123. The van der Waals surface area contributed by atoms with Crippen LogP contribution in [0.3, 0.4) is 0 Å². The molecule has 9 nitrogen and oxygen atoms in total. The van der Waals surface area contributed by atoms with E-state index in [0.717, 1.165) is 5.56 Å². The van der Waals surface area contributed by atoms with Crippen LogP contribution in [-0.4, -0.2) is 51.2 Å². The fourth-order valence-corrected chi connectivity index (χ4v) is 3.64. The number of anilines is 2. The molecule has 3 rings (SSSR count). The number of hydrogen-bond acceptors (Lipinski definition) is 5. The normalized spacial score (nSPS) is 13.6. The minimum absolute atomic E-state index is 0.116. The molecule has 33 heavy (non-hydrogen) atoms. The van der Waals surface area contributed by atoms with Crippen molar-refractivity contribution >= 4 is 29.2 Å². The van der Waals surface area contributed by atoms with Crippen molar-refractivity contribution in [2.75, 3.05) is 37.5 Å². The summed E-state index contributed by atoms with van der Waals surface area (Å²) in [6, 6.07) is 11.4. The van der Waals surface area contributed by atoms with Crippen LogP contribution in [0.1, 0.15) is 19.4 Å². The van der Waals surface area contributed by atoms with Crippen LogP contribution in [0.15, 0.2) is 42.5 Å². The van der Waals surface area contributed by atoms with Crippen molar-refractivity contribution in [3.05, 3.63) is 48.0 Å². The maximum atomic E-state index is 13.0. The van der Waals surface area contributed by atoms with Crippen LogP contribution in [0.2, 0.25) is 0 Å². The van der Waals surface area contributed by atoms with E-state index in [9.17, 15) is 14.4 Å². The van der Waals surface area contributed by atoms with Crippen molar-refractivity contribution in [2.24, 2.45) is 5.92 Å². The molecule has 0 saturated carbocycles. The number of urea groups is 1. The summed E-state index contributed by atoms with van der Waals surface area (Å²) in [6.07, 6.45) is 0.588. The summed E-state index contributed by atoms with van der Waals surface area (Å²) in [4.78, 5) is 39.2. The van der Waals surface area contributed by atoms with Gasteiger partial charge >= 0.3 is 6.03 Å². The summed E-state index contributed by atoms with van der Waals surface area (Å²) in [7, 11) is 3.15. The van der Waals surface area contributed by atoms with E-state index in [1.165, 1.54) is 4.90 Å². The predicted octanol–water partition coefficient (Wildman–Crippen LogP) is 2.56. The Hall–Kier alpha value is -3.75. The van der Waals surface area contributed by atoms with Gasteiger partial charge in [0.05, 0.1) is 25.6 Å². The Kier molecular flexibility index (Phi) is 7.76. The molecule has 0 spiro atoms. The average Bonchev–Trinajstić information content (AvgIpc) is 2.81. The molecule has 0 unspecified atom stereocenters. The predicted molar refractivity (Wildman–Crippen MR) is 126 cm³/mol. The Morgan fingerprint density at radius 3 is 2.52 bits per heavy atom. The number of para-hydroxylation sites is 2. The van der Waals surface area contributed by atoms with E-state index < -0.39 is 12.1 Å². The highest BCUT2D eigenvalue weighted by molar-refractivity contribution is 6.10. The average molecular weight is 455 g/mol. The van der Waals surface area contributed by atoms with E-state index in [4.69, 9.17) is 9.47 Å². The smallest absolute Gasteiger partial charge is 0.323 e. The molecule has 2 aromatic rings. The topological polar surface area (TPSA) is 109 Å². The van der Waals surface area contributed by atoms with Crippen LogP contribution in [0.25, 0.3) is 0 Å². The van der Waals surface area contributed by atoms with Gasteiger partial charge in [0.25, 0.3) is 0 Å². The Balaban J connectivity index is 1.62. The number of fused-ring (bicyclic) bond motifs is 1. The maximum absolute atomic E-state index is 13.0. The highest BCUT2D eigenvalue weighted by atomic mass is 16.5. The van der Waals surface area contributed by atoms with Gasteiger partial charge < -0.3 is 25.4 Å². The summed E-state index contributed by atoms with van der Waals surface area (Å²) < 4.78 is 10.6. The molecule has 0 fully saturated rings. The number of amides is 4. The number of ether oxygens (including phenoxy) is 2. The molecule has 2 aromatic carbocycles. The summed E-state index contributed by atoms with van der Waals surface area (Å²) in [5.74, 6) is 0.544. The molecule has 0 aliphatic carbocycles. The number of methoxy groups -OCH3 is 2. The molecule has 1 aliphatic rings. The van der Waals surface area contributed by atoms with Crippen molar-refractivity contribution in [1.82, 2.24) is 10.6 Å². The third-order valence-corrected chi connectivity index (χ3v) is 5.40. The molecule has 3 N–H and O–H groups in total. The molecule has 9 heteroatoms. The molecule has 0 saturated heterocycles. The second kappa shape index (κ2) is 10.7. The molecule has 4 amide bonds. The quantitative estimate of drug-likeness (QED) is 0.568. The zero-order valence-electron chi connectivity index (χ0n) is 19.3. The van der Waals surface area contributed by atoms with Gasteiger partial charge in [0.2, 0.25) is 11.8 Å². The van der Waals surface area contributed by atoms with Crippen LogP contribution in [0.5, 0.6) is 11.5 Å². The first-order chi connectivity index (χ1) is 15.8. The molecule has 0 aromatic heterocycles. The third kappa shape index (κ3) is 5.74. The Bertz CT molecular complexity index is 1020. The van der Waals surface area contributed by atoms with Gasteiger partial charge in [-0.2, -0.15) is 0 Å². The lowest BCUT2D eigenvalue weighted by Gasteiger charge is -2.31. The van der Waals surface area contributed by atoms with Crippen molar-refractivity contribution in [3.8, 4) is 11.5 Å². The van der Waals surface area contributed by atoms with E-state index in [0.29, 0.717) is 35.8 Å². The highest BCUT2D eigenvalue weighted by Gasteiger charge is 2.31. The molecule has 1 atom stereocenters. The number of rotatable bonds is 8. The number of nitrogens with one attached hydrogen (secondary N) is 3. The number of hydrogen-bond donors (Lipinski definition) is 3. The van der Waals surface area contributed by atoms with E-state index in [1.807, 2.05) is 32.0 Å². The van der Waals surface area contributed by atoms with Crippen LogP contribution in [0, 0.1) is 5.92 Å². The van der Waals surface area contributed by atoms with Crippen LogP contribution in [0.4, 0.5) is 16.2 Å². The standard InChI is InChI=1S/C24H30N4O5/c1-15(2)22(23(30)25-12-11-16-9-10-19(32-3)20(13-16)33-4)27-24(31)28-14-21(29)26-17-7-5-6-8-18(17)28/h5-10,13,15,22H,11-12,14H2,1-4H3,(H,25,30)(H,26,29)(H,27,31)/t22-/m0/s1. The van der Waals surface area contributed by atoms with Gasteiger partial charge in [-0.25, -0.2) is 4.79 Å². The third-order valence-electron chi connectivity index (χ3n) is 5.40. The number of nitrogens with zero attached hydrogens (tertiary/aromatic N) is 1. The van der Waals surface area contributed by atoms with Crippen LogP contribution in [-0.2, 0) is 16.0 Å². The zero-order valence-corrected chi connectivity index (χ0v) is 19.3. The number of benzene rings is 2. The molecular weight excluding hydrogens is 424 g/mol. The van der Waals surface area contributed by atoms with Gasteiger partial charge in [0, 0.05) is 6.54 Å². The summed E-state index contributed by atoms with van der Waals surface area (Å²) in [6.45, 7) is 3.99. The summed E-state index contributed by atoms with van der Waals surface area (Å²) in [5, 5.41) is 8.42. The lowest BCUT2D eigenvalue weighted by Crippen LogP contribution is -2.55. The zero-order chi connectivity index (χ0) is 24.0. The van der Waals surface area contributed by atoms with E-state index >= 15 is 0 Å². The number of carbonyl (C=O) groups is 3. The first-order valence-electron chi connectivity index (χ1n) is 10.8. The minimum Gasteiger partial charge on any atom is -0.493 e. The van der Waals surface area contributed by atoms with Gasteiger partial charge in [-0.05, 0) is 42.2 Å². The van der Waals surface area contributed by atoms with E-state index in [1.54, 1.807) is 38.5 Å². The molecule has 1 heterocycles. The van der Waals surface area contributed by atoms with Gasteiger partial charge in [-0.1, -0.05) is 32.0 Å². The summed E-state index contributed by atoms with van der Waals surface area (Å²) in [5.41, 5.74) is 2.13. The molecule has 176 valence electrons. The minimum atomic E-state index is -0.750.